The molecule has 10 nitrogen and oxygen atoms in total. The summed E-state index contributed by atoms with van der Waals surface area (Å²) in [6.07, 6.45) is 7.92. The lowest BCUT2D eigenvalue weighted by atomic mass is 10.00. The summed E-state index contributed by atoms with van der Waals surface area (Å²) in [5.41, 5.74) is 7.44. The first-order chi connectivity index (χ1) is 31.3. The van der Waals surface area contributed by atoms with Crippen LogP contribution in [0.3, 0.4) is 0 Å². The van der Waals surface area contributed by atoms with E-state index in [1.165, 1.54) is 6.92 Å². The molecule has 3 aliphatic rings. The number of benzene rings is 4. The van der Waals surface area contributed by atoms with E-state index in [0.717, 1.165) is 109 Å². The number of piperidine rings is 2. The standard InChI is InChI=1S/C52H58F2N8O2/c1-36(53)33-61(51(63)48(41-14-6-2-7-15-41)59-26-10-4-11-27-59)35-47-55-31-44(57-47)39-22-18-37(19-23-39)38-20-24-40(25-21-38)45-32-56-50(58-45)46-30-43(54)34-62(46)52(64)49(42-16-8-3-9-17-42)60-28-12-5-13-29-60/h2-3,6-9,14-25,31-32,36,43,46,48-49H,4-5,10-13,26-30,33-35H2,1H3,(H,55,57)(H,56,58)/t36-,43-,46-,48+,49+/m0/s1. The highest BCUT2D eigenvalue weighted by atomic mass is 19.1. The van der Waals surface area contributed by atoms with Crippen LogP contribution in [0.25, 0.3) is 33.6 Å². The van der Waals surface area contributed by atoms with Crippen LogP contribution in [0.4, 0.5) is 8.78 Å². The lowest BCUT2D eigenvalue weighted by molar-refractivity contribution is -0.140. The molecule has 12 heteroatoms. The van der Waals surface area contributed by atoms with Gasteiger partial charge in [0.2, 0.25) is 11.8 Å². The summed E-state index contributed by atoms with van der Waals surface area (Å²) in [5.74, 6) is 1.02. The number of amides is 2. The normalized spacial score (nSPS) is 19.9. The van der Waals surface area contributed by atoms with Crippen LogP contribution in [0.1, 0.15) is 92.8 Å². The van der Waals surface area contributed by atoms with E-state index in [9.17, 15) is 14.0 Å². The molecule has 3 aliphatic heterocycles. The molecule has 0 radical (unpaired) electrons. The summed E-state index contributed by atoms with van der Waals surface area (Å²) < 4.78 is 29.8. The molecule has 0 spiro atoms. The highest BCUT2D eigenvalue weighted by Crippen LogP contribution is 2.38. The highest BCUT2D eigenvalue weighted by Gasteiger charge is 2.42. The number of likely N-dealkylation sites (tertiary alicyclic amines) is 3. The van der Waals surface area contributed by atoms with Gasteiger partial charge in [0.1, 0.15) is 36.1 Å². The van der Waals surface area contributed by atoms with Crippen LogP contribution in [0.5, 0.6) is 0 Å². The molecule has 332 valence electrons. The molecule has 0 saturated carbocycles. The number of carbonyl (C=O) groups excluding carboxylic acids is 2. The van der Waals surface area contributed by atoms with Gasteiger partial charge >= 0.3 is 0 Å². The van der Waals surface area contributed by atoms with Crippen molar-refractivity contribution in [2.45, 2.75) is 88.9 Å². The lowest BCUT2D eigenvalue weighted by Crippen LogP contribution is -2.46. The lowest BCUT2D eigenvalue weighted by Gasteiger charge is -2.37. The molecular weight excluding hydrogens is 807 g/mol. The summed E-state index contributed by atoms with van der Waals surface area (Å²) >= 11 is 0. The number of halogens is 2. The van der Waals surface area contributed by atoms with Gasteiger partial charge < -0.3 is 19.8 Å². The third-order valence-electron chi connectivity index (χ3n) is 13.1. The van der Waals surface area contributed by atoms with Crippen LogP contribution in [0.15, 0.2) is 122 Å². The van der Waals surface area contributed by atoms with Gasteiger partial charge in [-0.25, -0.2) is 18.7 Å². The number of aromatic nitrogens is 4. The largest absolute Gasteiger partial charge is 0.341 e. The van der Waals surface area contributed by atoms with E-state index in [1.54, 1.807) is 22.2 Å². The summed E-state index contributed by atoms with van der Waals surface area (Å²) in [7, 11) is 0. The predicted octanol–water partition coefficient (Wildman–Crippen LogP) is 9.89. The number of hydrogen-bond acceptors (Lipinski definition) is 6. The van der Waals surface area contributed by atoms with Crippen molar-refractivity contribution in [3.05, 3.63) is 144 Å². The fourth-order valence-corrected chi connectivity index (χ4v) is 9.90. The number of imidazole rings is 2. The first-order valence-electron chi connectivity index (χ1n) is 23.0. The van der Waals surface area contributed by atoms with Crippen LogP contribution in [0.2, 0.25) is 0 Å². The second-order valence-corrected chi connectivity index (χ2v) is 17.7. The Bertz CT molecular complexity index is 2440. The van der Waals surface area contributed by atoms with E-state index in [4.69, 9.17) is 4.98 Å². The molecular formula is C52H58F2N8O2. The van der Waals surface area contributed by atoms with Crippen molar-refractivity contribution in [1.29, 1.82) is 0 Å². The Morgan fingerprint density at radius 3 is 1.73 bits per heavy atom. The number of carbonyl (C=O) groups is 2. The van der Waals surface area contributed by atoms with E-state index in [0.29, 0.717) is 11.6 Å². The molecule has 0 aliphatic carbocycles. The van der Waals surface area contributed by atoms with E-state index in [-0.39, 0.29) is 37.9 Å². The average Bonchev–Trinajstić information content (AvgIpc) is 4.11. The Hall–Kier alpha value is -5.98. The Labute approximate surface area is 374 Å². The van der Waals surface area contributed by atoms with Gasteiger partial charge in [-0.2, -0.15) is 0 Å². The Morgan fingerprint density at radius 2 is 1.17 bits per heavy atom. The first kappa shape index (κ1) is 43.3. The number of nitrogens with zero attached hydrogens (tertiary/aromatic N) is 6. The smallest absolute Gasteiger partial charge is 0.245 e. The monoisotopic (exact) mass is 864 g/mol. The van der Waals surface area contributed by atoms with Crippen LogP contribution in [0, 0.1) is 0 Å². The second-order valence-electron chi connectivity index (χ2n) is 17.7. The predicted molar refractivity (Wildman–Crippen MR) is 246 cm³/mol. The van der Waals surface area contributed by atoms with Crippen LogP contribution in [-0.2, 0) is 16.1 Å². The minimum Gasteiger partial charge on any atom is -0.341 e. The fourth-order valence-electron chi connectivity index (χ4n) is 9.90. The van der Waals surface area contributed by atoms with E-state index in [2.05, 4.69) is 49.0 Å². The number of hydrogen-bond donors (Lipinski definition) is 2. The van der Waals surface area contributed by atoms with Crippen molar-refractivity contribution < 1.29 is 18.4 Å². The zero-order valence-electron chi connectivity index (χ0n) is 36.6. The number of nitrogens with one attached hydrogen (secondary N) is 2. The molecule has 0 bridgehead atoms. The van der Waals surface area contributed by atoms with Crippen LogP contribution < -0.4 is 0 Å². The Balaban J connectivity index is 0.865. The third kappa shape index (κ3) is 9.73. The number of H-pyrrole nitrogens is 2. The zero-order valence-corrected chi connectivity index (χ0v) is 36.6. The molecule has 0 unspecified atom stereocenters. The summed E-state index contributed by atoms with van der Waals surface area (Å²) in [6.45, 7) is 5.07. The topological polar surface area (TPSA) is 104 Å². The molecule has 6 aromatic rings. The molecule has 9 rings (SSSR count). The third-order valence-corrected chi connectivity index (χ3v) is 13.1. The van der Waals surface area contributed by atoms with Crippen molar-refractivity contribution in [2.24, 2.45) is 0 Å². The van der Waals surface area contributed by atoms with Gasteiger partial charge in [0.25, 0.3) is 0 Å². The zero-order chi connectivity index (χ0) is 44.0. The van der Waals surface area contributed by atoms with Crippen molar-refractivity contribution in [3.8, 4) is 33.6 Å². The van der Waals surface area contributed by atoms with Crippen LogP contribution in [-0.4, -0.2) is 103 Å². The number of alkyl halides is 2. The highest BCUT2D eigenvalue weighted by molar-refractivity contribution is 5.84. The molecule has 64 heavy (non-hydrogen) atoms. The van der Waals surface area contributed by atoms with E-state index < -0.39 is 30.5 Å². The summed E-state index contributed by atoms with van der Waals surface area (Å²) in [4.78, 5) is 52.7. The molecule has 3 saturated heterocycles. The number of rotatable bonds is 14. The molecule has 4 aromatic carbocycles. The molecule has 2 N–H and O–H groups in total. The van der Waals surface area contributed by atoms with Gasteiger partial charge in [-0.05, 0) is 92.2 Å². The van der Waals surface area contributed by atoms with Gasteiger partial charge in [-0.3, -0.25) is 19.4 Å². The molecule has 5 heterocycles. The molecule has 5 atom stereocenters. The quantitative estimate of drug-likeness (QED) is 0.113. The minimum atomic E-state index is -1.19. The van der Waals surface area contributed by atoms with Crippen molar-refractivity contribution in [1.82, 2.24) is 39.5 Å². The Kier molecular flexibility index (Phi) is 13.4. The fraction of sp³-hybridized carbons (Fsp3) is 0.385. The summed E-state index contributed by atoms with van der Waals surface area (Å²) in [6, 6.07) is 34.7. The molecule has 2 amide bonds. The average molecular weight is 865 g/mol. The maximum atomic E-state index is 15.2. The van der Waals surface area contributed by atoms with E-state index in [1.807, 2.05) is 84.9 Å². The second kappa shape index (κ2) is 19.8. The van der Waals surface area contributed by atoms with Gasteiger partial charge in [-0.15, -0.1) is 0 Å². The SMILES string of the molecule is C[C@H](F)CN(Cc1ncc(-c2ccc(-c3ccc(-c4cnc([C@@H]5C[C@H](F)CN5C(=O)[C@@H](c5ccccc5)N5CCCCC5)[nH]4)cc3)cc2)[nH]1)C(=O)[C@@H](c1ccccc1)N1CCCCC1. The van der Waals surface area contributed by atoms with Gasteiger partial charge in [-0.1, -0.05) is 122 Å². The van der Waals surface area contributed by atoms with Gasteiger partial charge in [0, 0.05) is 6.42 Å². The van der Waals surface area contributed by atoms with Gasteiger partial charge in [0.05, 0.1) is 49.5 Å². The first-order valence-corrected chi connectivity index (χ1v) is 23.0. The maximum Gasteiger partial charge on any atom is 0.245 e. The maximum absolute atomic E-state index is 15.2. The van der Waals surface area contributed by atoms with Crippen molar-refractivity contribution in [2.75, 3.05) is 39.3 Å². The van der Waals surface area contributed by atoms with Gasteiger partial charge in [0.15, 0.2) is 0 Å². The van der Waals surface area contributed by atoms with Crippen LogP contribution >= 0.6 is 0 Å². The number of aromatic amines is 2. The molecule has 2 aromatic heterocycles. The summed E-state index contributed by atoms with van der Waals surface area (Å²) in [5, 5.41) is 0. The van der Waals surface area contributed by atoms with E-state index >= 15 is 4.39 Å². The molecule has 3 fully saturated rings. The minimum absolute atomic E-state index is 0.0186. The Morgan fingerprint density at radius 1 is 0.672 bits per heavy atom. The van der Waals surface area contributed by atoms with Crippen molar-refractivity contribution >= 4 is 11.8 Å². The van der Waals surface area contributed by atoms with Crippen molar-refractivity contribution in [3.63, 3.8) is 0 Å².